The van der Waals surface area contributed by atoms with E-state index in [1.807, 2.05) is 44.4 Å². The fourth-order valence-electron chi connectivity index (χ4n) is 4.05. The quantitative estimate of drug-likeness (QED) is 0.669. The zero-order valence-corrected chi connectivity index (χ0v) is 19.6. The molecule has 0 saturated carbocycles. The first-order valence-electron chi connectivity index (χ1n) is 10.6. The van der Waals surface area contributed by atoms with E-state index < -0.39 is 10.0 Å². The second-order valence-electron chi connectivity index (χ2n) is 9.25. The van der Waals surface area contributed by atoms with E-state index in [9.17, 15) is 13.2 Å². The maximum absolute atomic E-state index is 13.0. The minimum absolute atomic E-state index is 0.0146. The summed E-state index contributed by atoms with van der Waals surface area (Å²) in [5.74, 6) is -0.144. The fourth-order valence-corrected chi connectivity index (χ4v) is 5.45. The molecule has 170 valence electrons. The highest BCUT2D eigenvalue weighted by Gasteiger charge is 2.33. The molecule has 1 aromatic carbocycles. The van der Waals surface area contributed by atoms with Crippen molar-refractivity contribution in [2.75, 3.05) is 40.3 Å². The van der Waals surface area contributed by atoms with E-state index in [1.165, 1.54) is 16.7 Å². The van der Waals surface area contributed by atoms with Crippen LogP contribution >= 0.6 is 0 Å². The van der Waals surface area contributed by atoms with Gasteiger partial charge >= 0.3 is 0 Å². The average Bonchev–Trinajstić information content (AvgIpc) is 3.23. The van der Waals surface area contributed by atoms with E-state index in [0.717, 1.165) is 12.2 Å². The van der Waals surface area contributed by atoms with Gasteiger partial charge in [-0.1, -0.05) is 32.0 Å². The summed E-state index contributed by atoms with van der Waals surface area (Å²) in [5.41, 5.74) is 0.777. The van der Waals surface area contributed by atoms with Crippen LogP contribution in [0.1, 0.15) is 26.7 Å². The molecule has 1 aromatic heterocycles. The monoisotopic (exact) mass is 447 g/mol. The minimum atomic E-state index is -3.63. The smallest absolute Gasteiger partial charge is 0.246 e. The van der Waals surface area contributed by atoms with Gasteiger partial charge in [0.1, 0.15) is 4.90 Å². The SMILES string of the molecule is CN(C)CC(C)(C)CNC(=O)C1CCN(S(=O)(=O)c2cnn(-c3ccccc3)c2)CC1. The third kappa shape index (κ3) is 5.93. The van der Waals surface area contributed by atoms with Crippen LogP contribution in [0.5, 0.6) is 0 Å². The minimum Gasteiger partial charge on any atom is -0.355 e. The van der Waals surface area contributed by atoms with Crippen molar-refractivity contribution < 1.29 is 13.2 Å². The van der Waals surface area contributed by atoms with Crippen molar-refractivity contribution in [3.05, 3.63) is 42.7 Å². The number of hydrogen-bond donors (Lipinski definition) is 1. The number of hydrogen-bond acceptors (Lipinski definition) is 5. The van der Waals surface area contributed by atoms with Crippen LogP contribution in [0.2, 0.25) is 0 Å². The van der Waals surface area contributed by atoms with E-state index in [1.54, 1.807) is 4.68 Å². The maximum Gasteiger partial charge on any atom is 0.246 e. The number of sulfonamides is 1. The van der Waals surface area contributed by atoms with Gasteiger partial charge in [-0.2, -0.15) is 9.40 Å². The summed E-state index contributed by atoms with van der Waals surface area (Å²) in [6, 6.07) is 9.39. The van der Waals surface area contributed by atoms with Gasteiger partial charge in [-0.25, -0.2) is 13.1 Å². The lowest BCUT2D eigenvalue weighted by atomic mass is 9.91. The topological polar surface area (TPSA) is 87.5 Å². The van der Waals surface area contributed by atoms with Gasteiger partial charge in [-0.3, -0.25) is 4.79 Å². The molecule has 0 spiro atoms. The molecule has 0 aliphatic carbocycles. The van der Waals surface area contributed by atoms with Crippen LogP contribution in [0, 0.1) is 11.3 Å². The van der Waals surface area contributed by atoms with Crippen molar-refractivity contribution in [1.82, 2.24) is 24.3 Å². The van der Waals surface area contributed by atoms with Gasteiger partial charge in [0.15, 0.2) is 0 Å². The molecule has 1 saturated heterocycles. The molecule has 0 bridgehead atoms. The van der Waals surface area contributed by atoms with Crippen molar-refractivity contribution in [3.8, 4) is 5.69 Å². The van der Waals surface area contributed by atoms with Crippen LogP contribution < -0.4 is 5.32 Å². The number of nitrogens with one attached hydrogen (secondary N) is 1. The number of rotatable bonds is 8. The molecule has 1 N–H and O–H groups in total. The molecule has 0 radical (unpaired) electrons. The molecule has 3 rings (SSSR count). The zero-order valence-electron chi connectivity index (χ0n) is 18.8. The first kappa shape index (κ1) is 23.4. The number of nitrogens with zero attached hydrogens (tertiary/aromatic N) is 4. The van der Waals surface area contributed by atoms with Gasteiger partial charge in [0.25, 0.3) is 0 Å². The van der Waals surface area contributed by atoms with Crippen molar-refractivity contribution >= 4 is 15.9 Å². The van der Waals surface area contributed by atoms with Crippen LogP contribution in [-0.4, -0.2) is 73.6 Å². The molecule has 1 aliphatic heterocycles. The van der Waals surface area contributed by atoms with Crippen LogP contribution in [0.15, 0.2) is 47.6 Å². The molecule has 0 unspecified atom stereocenters. The van der Waals surface area contributed by atoms with E-state index in [0.29, 0.717) is 32.5 Å². The lowest BCUT2D eigenvalue weighted by Crippen LogP contribution is -2.45. The van der Waals surface area contributed by atoms with Gasteiger partial charge < -0.3 is 10.2 Å². The molecular weight excluding hydrogens is 414 g/mol. The summed E-state index contributed by atoms with van der Waals surface area (Å²) in [7, 11) is 0.400. The number of para-hydroxylation sites is 1. The Bertz CT molecular complexity index is 978. The third-order valence-corrected chi connectivity index (χ3v) is 7.38. The van der Waals surface area contributed by atoms with Crippen molar-refractivity contribution in [1.29, 1.82) is 0 Å². The van der Waals surface area contributed by atoms with Crippen LogP contribution in [-0.2, 0) is 14.8 Å². The maximum atomic E-state index is 13.0. The lowest BCUT2D eigenvalue weighted by molar-refractivity contribution is -0.126. The molecule has 2 heterocycles. The summed E-state index contributed by atoms with van der Waals surface area (Å²) in [4.78, 5) is 14.9. The number of piperidine rings is 1. The second kappa shape index (κ2) is 9.50. The van der Waals surface area contributed by atoms with Gasteiger partial charge in [0.05, 0.1) is 18.1 Å². The van der Waals surface area contributed by atoms with Crippen molar-refractivity contribution in [2.45, 2.75) is 31.6 Å². The Morgan fingerprint density at radius 1 is 1.19 bits per heavy atom. The molecule has 0 atom stereocenters. The Morgan fingerprint density at radius 3 is 2.45 bits per heavy atom. The number of benzene rings is 1. The first-order valence-corrected chi connectivity index (χ1v) is 12.1. The molecule has 31 heavy (non-hydrogen) atoms. The van der Waals surface area contributed by atoms with Gasteiger partial charge in [0, 0.05) is 32.1 Å². The molecule has 9 heteroatoms. The largest absolute Gasteiger partial charge is 0.355 e. The van der Waals surface area contributed by atoms with Gasteiger partial charge in [-0.05, 0) is 44.5 Å². The molecular formula is C22H33N5O3S. The number of carbonyl (C=O) groups is 1. The van der Waals surface area contributed by atoms with Crippen LogP contribution in [0.25, 0.3) is 5.69 Å². The van der Waals surface area contributed by atoms with E-state index in [4.69, 9.17) is 0 Å². The predicted molar refractivity (Wildman–Crippen MR) is 120 cm³/mol. The Kier molecular flexibility index (Phi) is 7.18. The molecule has 1 fully saturated rings. The number of amides is 1. The van der Waals surface area contributed by atoms with Crippen LogP contribution in [0.4, 0.5) is 0 Å². The highest BCUT2D eigenvalue weighted by molar-refractivity contribution is 7.89. The Morgan fingerprint density at radius 2 is 1.84 bits per heavy atom. The zero-order chi connectivity index (χ0) is 22.6. The van der Waals surface area contributed by atoms with Crippen LogP contribution in [0.3, 0.4) is 0 Å². The summed E-state index contributed by atoms with van der Waals surface area (Å²) in [6.45, 7) is 6.38. The Balaban J connectivity index is 1.56. The van der Waals surface area contributed by atoms with Crippen molar-refractivity contribution in [3.63, 3.8) is 0 Å². The molecule has 8 nitrogen and oxygen atoms in total. The normalized spacial score (nSPS) is 16.5. The Hall–Kier alpha value is -2.23. The highest BCUT2D eigenvalue weighted by Crippen LogP contribution is 2.25. The molecule has 1 aliphatic rings. The second-order valence-corrected chi connectivity index (χ2v) is 11.2. The standard InChI is InChI=1S/C22H33N5O3S/c1-22(2,17-25(3)4)16-23-21(28)18-10-12-26(13-11-18)31(29,30)20-14-24-27(15-20)19-8-6-5-7-9-19/h5-9,14-15,18H,10-13,16-17H2,1-4H3,(H,23,28). The predicted octanol–water partition coefficient (Wildman–Crippen LogP) is 1.98. The fraction of sp³-hybridized carbons (Fsp3) is 0.545. The summed E-state index contributed by atoms with van der Waals surface area (Å²) in [6.07, 6.45) is 3.96. The van der Waals surface area contributed by atoms with E-state index in [2.05, 4.69) is 29.2 Å². The number of carbonyl (C=O) groups excluding carboxylic acids is 1. The van der Waals surface area contributed by atoms with E-state index in [-0.39, 0.29) is 22.1 Å². The average molecular weight is 448 g/mol. The van der Waals surface area contributed by atoms with Crippen molar-refractivity contribution in [2.24, 2.45) is 11.3 Å². The van der Waals surface area contributed by atoms with Gasteiger partial charge in [0.2, 0.25) is 15.9 Å². The lowest BCUT2D eigenvalue weighted by Gasteiger charge is -2.32. The molecule has 1 amide bonds. The molecule has 2 aromatic rings. The van der Waals surface area contributed by atoms with E-state index >= 15 is 0 Å². The van der Waals surface area contributed by atoms with Gasteiger partial charge in [-0.15, -0.1) is 0 Å². The highest BCUT2D eigenvalue weighted by atomic mass is 32.2. The number of aromatic nitrogens is 2. The third-order valence-electron chi connectivity index (χ3n) is 5.53. The first-order chi connectivity index (χ1) is 14.6. The summed E-state index contributed by atoms with van der Waals surface area (Å²) < 4.78 is 29.1. The summed E-state index contributed by atoms with van der Waals surface area (Å²) in [5, 5.41) is 7.26. The summed E-state index contributed by atoms with van der Waals surface area (Å²) >= 11 is 0. The Labute approximate surface area is 185 Å².